The first-order chi connectivity index (χ1) is 6.69. The van der Waals surface area contributed by atoms with Crippen LogP contribution in [-0.4, -0.2) is 14.2 Å². The van der Waals surface area contributed by atoms with Crippen molar-refractivity contribution in [2.75, 3.05) is 14.2 Å². The van der Waals surface area contributed by atoms with Gasteiger partial charge in [-0.25, -0.2) is 4.39 Å². The molecular weight excluding hydrogens is 209 g/mol. The third kappa shape index (κ3) is 2.57. The van der Waals surface area contributed by atoms with Crippen LogP contribution in [0.15, 0.2) is 12.1 Å². The zero-order valence-electron chi connectivity index (χ0n) is 7.93. The molecule has 0 unspecified atom stereocenters. The molecule has 0 fully saturated rings. The second-order valence-electron chi connectivity index (χ2n) is 2.60. The number of rotatable bonds is 4. The van der Waals surface area contributed by atoms with Crippen molar-refractivity contribution in [1.29, 1.82) is 0 Å². The van der Waals surface area contributed by atoms with Gasteiger partial charge in [0.15, 0.2) is 0 Å². The molecule has 0 aromatic heterocycles. The van der Waals surface area contributed by atoms with Gasteiger partial charge >= 0.3 is 0 Å². The summed E-state index contributed by atoms with van der Waals surface area (Å²) in [6, 6.07) is 2.75. The number of hydrogen-bond acceptors (Lipinski definition) is 3. The molecule has 1 N–H and O–H groups in total. The van der Waals surface area contributed by atoms with Gasteiger partial charge in [0, 0.05) is 18.2 Å². The SMILES string of the molecule is CONCc1cc(Cl)c(OC)cc1F. The number of benzene rings is 1. The minimum absolute atomic E-state index is 0.256. The lowest BCUT2D eigenvalue weighted by molar-refractivity contribution is 0.0859. The van der Waals surface area contributed by atoms with Gasteiger partial charge in [-0.2, -0.15) is 5.48 Å². The molecule has 0 heterocycles. The zero-order valence-corrected chi connectivity index (χ0v) is 8.69. The van der Waals surface area contributed by atoms with E-state index >= 15 is 0 Å². The topological polar surface area (TPSA) is 30.5 Å². The normalized spacial score (nSPS) is 10.3. The maximum absolute atomic E-state index is 13.3. The molecule has 14 heavy (non-hydrogen) atoms. The molecule has 78 valence electrons. The van der Waals surface area contributed by atoms with Crippen LogP contribution in [0.3, 0.4) is 0 Å². The molecule has 0 spiro atoms. The van der Waals surface area contributed by atoms with Crippen molar-refractivity contribution in [1.82, 2.24) is 5.48 Å². The zero-order chi connectivity index (χ0) is 10.6. The Hall–Kier alpha value is -0.840. The number of hydroxylamine groups is 1. The van der Waals surface area contributed by atoms with Gasteiger partial charge in [-0.3, -0.25) is 0 Å². The number of methoxy groups -OCH3 is 1. The van der Waals surface area contributed by atoms with Gasteiger partial charge in [0.1, 0.15) is 11.6 Å². The van der Waals surface area contributed by atoms with E-state index in [1.165, 1.54) is 26.4 Å². The fourth-order valence-corrected chi connectivity index (χ4v) is 1.28. The van der Waals surface area contributed by atoms with E-state index in [0.717, 1.165) is 0 Å². The van der Waals surface area contributed by atoms with Crippen LogP contribution in [-0.2, 0) is 11.4 Å². The molecule has 0 saturated carbocycles. The summed E-state index contributed by atoms with van der Waals surface area (Å²) in [6.45, 7) is 0.256. The Balaban J connectivity index is 2.90. The van der Waals surface area contributed by atoms with Crippen LogP contribution in [0.1, 0.15) is 5.56 Å². The molecule has 1 rings (SSSR count). The molecule has 5 heteroatoms. The minimum atomic E-state index is -0.379. The van der Waals surface area contributed by atoms with Gasteiger partial charge in [-0.15, -0.1) is 0 Å². The average Bonchev–Trinajstić information content (AvgIpc) is 2.18. The molecule has 3 nitrogen and oxygen atoms in total. The lowest BCUT2D eigenvalue weighted by Gasteiger charge is -2.07. The molecule has 0 radical (unpaired) electrons. The third-order valence-corrected chi connectivity index (χ3v) is 2.02. The van der Waals surface area contributed by atoms with Crippen molar-refractivity contribution >= 4 is 11.6 Å². The standard InChI is InChI=1S/C9H11ClFNO2/c1-13-9-4-8(11)6(3-7(9)10)5-12-14-2/h3-4,12H,5H2,1-2H3. The van der Waals surface area contributed by atoms with E-state index in [1.54, 1.807) is 0 Å². The fourth-order valence-electron chi connectivity index (χ4n) is 1.01. The van der Waals surface area contributed by atoms with E-state index in [9.17, 15) is 4.39 Å². The minimum Gasteiger partial charge on any atom is -0.495 e. The van der Waals surface area contributed by atoms with E-state index in [4.69, 9.17) is 16.3 Å². The predicted molar refractivity (Wildman–Crippen MR) is 51.8 cm³/mol. The van der Waals surface area contributed by atoms with Gasteiger partial charge in [0.25, 0.3) is 0 Å². The summed E-state index contributed by atoms with van der Waals surface area (Å²) < 4.78 is 18.2. The summed E-state index contributed by atoms with van der Waals surface area (Å²) in [7, 11) is 2.90. The van der Waals surface area contributed by atoms with E-state index in [1.807, 2.05) is 0 Å². The Morgan fingerprint density at radius 3 is 2.71 bits per heavy atom. The molecule has 0 aliphatic carbocycles. The van der Waals surface area contributed by atoms with E-state index in [-0.39, 0.29) is 12.4 Å². The lowest BCUT2D eigenvalue weighted by Crippen LogP contribution is -2.12. The van der Waals surface area contributed by atoms with Crippen molar-refractivity contribution in [3.63, 3.8) is 0 Å². The smallest absolute Gasteiger partial charge is 0.140 e. The number of nitrogens with one attached hydrogen (secondary N) is 1. The lowest BCUT2D eigenvalue weighted by atomic mass is 10.2. The molecular formula is C9H11ClFNO2. The Morgan fingerprint density at radius 1 is 1.43 bits per heavy atom. The summed E-state index contributed by atoms with van der Waals surface area (Å²) in [5.74, 6) is -0.0545. The van der Waals surface area contributed by atoms with Crippen molar-refractivity contribution < 1.29 is 14.0 Å². The molecule has 0 aliphatic rings. The molecule has 1 aromatic carbocycles. The van der Waals surface area contributed by atoms with Crippen LogP contribution >= 0.6 is 11.6 Å². The van der Waals surface area contributed by atoms with Crippen molar-refractivity contribution in [2.45, 2.75) is 6.54 Å². The summed E-state index contributed by atoms with van der Waals surface area (Å²) in [5.41, 5.74) is 2.96. The largest absolute Gasteiger partial charge is 0.495 e. The summed E-state index contributed by atoms with van der Waals surface area (Å²) in [5, 5.41) is 0.377. The molecule has 0 saturated heterocycles. The second-order valence-corrected chi connectivity index (χ2v) is 3.01. The van der Waals surface area contributed by atoms with Gasteiger partial charge in [-0.1, -0.05) is 11.6 Å². The highest BCUT2D eigenvalue weighted by Crippen LogP contribution is 2.27. The molecule has 0 amide bonds. The van der Waals surface area contributed by atoms with Gasteiger partial charge < -0.3 is 9.57 Å². The molecule has 0 aliphatic heterocycles. The first-order valence-corrected chi connectivity index (χ1v) is 4.34. The van der Waals surface area contributed by atoms with Crippen molar-refractivity contribution in [3.05, 3.63) is 28.5 Å². The van der Waals surface area contributed by atoms with Crippen LogP contribution in [0, 0.1) is 5.82 Å². The highest BCUT2D eigenvalue weighted by atomic mass is 35.5. The summed E-state index contributed by atoms with van der Waals surface area (Å²) in [6.07, 6.45) is 0. The predicted octanol–water partition coefficient (Wildman–Crippen LogP) is 2.14. The van der Waals surface area contributed by atoms with E-state index in [0.29, 0.717) is 16.3 Å². The highest BCUT2D eigenvalue weighted by Gasteiger charge is 2.08. The van der Waals surface area contributed by atoms with Gasteiger partial charge in [-0.05, 0) is 6.07 Å². The summed E-state index contributed by atoms with van der Waals surface area (Å²) >= 11 is 5.82. The maximum Gasteiger partial charge on any atom is 0.140 e. The fraction of sp³-hybridized carbons (Fsp3) is 0.333. The quantitative estimate of drug-likeness (QED) is 0.787. The number of hydrogen-bond donors (Lipinski definition) is 1. The number of ether oxygens (including phenoxy) is 1. The average molecular weight is 220 g/mol. The second kappa shape index (κ2) is 5.14. The monoisotopic (exact) mass is 219 g/mol. The van der Waals surface area contributed by atoms with Crippen LogP contribution < -0.4 is 10.2 Å². The number of halogens is 2. The van der Waals surface area contributed by atoms with Crippen LogP contribution in [0.25, 0.3) is 0 Å². The van der Waals surface area contributed by atoms with E-state index < -0.39 is 0 Å². The Bertz CT molecular complexity index is 320. The van der Waals surface area contributed by atoms with Crippen LogP contribution in [0.4, 0.5) is 4.39 Å². The van der Waals surface area contributed by atoms with Gasteiger partial charge in [0.05, 0.1) is 19.2 Å². The van der Waals surface area contributed by atoms with Crippen molar-refractivity contribution in [2.24, 2.45) is 0 Å². The molecule has 1 aromatic rings. The molecule has 0 bridgehead atoms. The van der Waals surface area contributed by atoms with Gasteiger partial charge in [0.2, 0.25) is 0 Å². The van der Waals surface area contributed by atoms with Crippen LogP contribution in [0.2, 0.25) is 5.02 Å². The summed E-state index contributed by atoms with van der Waals surface area (Å²) in [4.78, 5) is 4.61. The Kier molecular flexibility index (Phi) is 4.13. The van der Waals surface area contributed by atoms with Crippen LogP contribution in [0.5, 0.6) is 5.75 Å². The van der Waals surface area contributed by atoms with E-state index in [2.05, 4.69) is 10.3 Å². The Labute approximate surface area is 86.7 Å². The third-order valence-electron chi connectivity index (χ3n) is 1.73. The maximum atomic E-state index is 13.3. The first-order valence-electron chi connectivity index (χ1n) is 3.96. The van der Waals surface area contributed by atoms with Crippen molar-refractivity contribution in [3.8, 4) is 5.75 Å². The first kappa shape index (κ1) is 11.2. The Morgan fingerprint density at radius 2 is 2.14 bits per heavy atom. The molecule has 0 atom stereocenters. The highest BCUT2D eigenvalue weighted by molar-refractivity contribution is 6.32.